The zero-order valence-electron chi connectivity index (χ0n) is 15.5. The van der Waals surface area contributed by atoms with Crippen LogP contribution in [0.5, 0.6) is 0 Å². The number of hydrogen-bond donors (Lipinski definition) is 0. The van der Waals surface area contributed by atoms with Gasteiger partial charge in [-0.2, -0.15) is 19.6 Å². The molecule has 0 heterocycles. The zero-order valence-corrected chi connectivity index (χ0v) is 19.7. The van der Waals surface area contributed by atoms with Gasteiger partial charge in [-0.15, -0.1) is 0 Å². The average Bonchev–Trinajstić information content (AvgIpc) is 2.72. The van der Waals surface area contributed by atoms with E-state index in [1.165, 1.54) is 0 Å². The van der Waals surface area contributed by atoms with E-state index in [-0.39, 0.29) is 17.1 Å². The van der Waals surface area contributed by atoms with Crippen molar-refractivity contribution in [3.63, 3.8) is 0 Å². The van der Waals surface area contributed by atoms with Crippen LogP contribution in [0.1, 0.15) is 0 Å². The molecular formula is C24H20CuS4-4. The Morgan fingerprint density at radius 2 is 0.414 bits per heavy atom. The fourth-order valence-corrected chi connectivity index (χ4v) is 2.31. The van der Waals surface area contributed by atoms with Crippen molar-refractivity contribution in [2.45, 2.75) is 19.6 Å². The molecule has 0 N–H and O–H groups in total. The molecule has 0 amide bonds. The molecule has 0 aliphatic heterocycles. The van der Waals surface area contributed by atoms with Gasteiger partial charge in [0, 0.05) is 17.1 Å². The third-order valence-corrected chi connectivity index (χ3v) is 4.06. The first-order chi connectivity index (χ1) is 13.6. The minimum Gasteiger partial charge on any atom is -0.780 e. The maximum atomic E-state index is 4.81. The Morgan fingerprint density at radius 3 is 0.483 bits per heavy atom. The molecule has 0 aromatic heterocycles. The number of hydrogen-bond acceptors (Lipinski definition) is 4. The van der Waals surface area contributed by atoms with Gasteiger partial charge in [0.15, 0.2) is 0 Å². The summed E-state index contributed by atoms with van der Waals surface area (Å²) < 4.78 is 0. The minimum absolute atomic E-state index is 0. The summed E-state index contributed by atoms with van der Waals surface area (Å²) in [5.41, 5.74) is 0. The van der Waals surface area contributed by atoms with Crippen LogP contribution in [-0.2, 0) is 67.6 Å². The molecule has 0 atom stereocenters. The molecule has 0 nitrogen and oxygen atoms in total. The molecule has 0 bridgehead atoms. The summed E-state index contributed by atoms with van der Waals surface area (Å²) in [5.74, 6) is 0. The van der Waals surface area contributed by atoms with Crippen molar-refractivity contribution in [2.24, 2.45) is 0 Å². The normalized spacial score (nSPS) is 8.28. The molecule has 0 fully saturated rings. The molecule has 4 rings (SSSR count). The SMILES string of the molecule is [Cu].[S-]c1ccccc1.[S-]c1ccccc1.[S-]c1ccccc1.[S-]c1ccccc1. The Kier molecular flexibility index (Phi) is 17.2. The van der Waals surface area contributed by atoms with E-state index in [4.69, 9.17) is 50.5 Å². The Balaban J connectivity index is 0.000000356. The van der Waals surface area contributed by atoms with Crippen LogP contribution in [0.3, 0.4) is 0 Å². The zero-order chi connectivity index (χ0) is 20.5. The fourth-order valence-electron chi connectivity index (χ4n) is 1.68. The second-order valence-electron chi connectivity index (χ2n) is 5.25. The molecule has 1 radical (unpaired) electrons. The van der Waals surface area contributed by atoms with Gasteiger partial charge in [0.1, 0.15) is 0 Å². The Hall–Kier alpha value is -1.72. The van der Waals surface area contributed by atoms with Crippen LogP contribution >= 0.6 is 0 Å². The van der Waals surface area contributed by atoms with E-state index in [1.807, 2.05) is 121 Å². The van der Waals surface area contributed by atoms with Crippen LogP contribution < -0.4 is 0 Å². The van der Waals surface area contributed by atoms with Gasteiger partial charge in [0.25, 0.3) is 0 Å². The van der Waals surface area contributed by atoms with Crippen molar-refractivity contribution < 1.29 is 17.1 Å². The largest absolute Gasteiger partial charge is 0.780 e. The summed E-state index contributed by atoms with van der Waals surface area (Å²) in [6, 6.07) is 38.5. The third kappa shape index (κ3) is 16.9. The quantitative estimate of drug-likeness (QED) is 0.203. The van der Waals surface area contributed by atoms with Gasteiger partial charge in [-0.25, -0.2) is 0 Å². The Bertz CT molecular complexity index is 693. The summed E-state index contributed by atoms with van der Waals surface area (Å²) in [6.45, 7) is 0. The smallest absolute Gasteiger partial charge is 0 e. The summed E-state index contributed by atoms with van der Waals surface area (Å²) in [6.07, 6.45) is 0. The standard InChI is InChI=1S/4C6H6S.Cu/c4*7-6-4-2-1-3-5-6;/h4*1-5,7H;/p-4. The maximum Gasteiger partial charge on any atom is 0 e. The van der Waals surface area contributed by atoms with E-state index in [0.717, 1.165) is 19.6 Å². The second kappa shape index (κ2) is 18.3. The van der Waals surface area contributed by atoms with Crippen LogP contribution in [0.25, 0.3) is 0 Å². The van der Waals surface area contributed by atoms with E-state index in [9.17, 15) is 0 Å². The van der Waals surface area contributed by atoms with Crippen molar-refractivity contribution in [1.82, 2.24) is 0 Å². The predicted octanol–water partition coefficient (Wildman–Crippen LogP) is 6.37. The van der Waals surface area contributed by atoms with Crippen LogP contribution in [0.15, 0.2) is 141 Å². The maximum absolute atomic E-state index is 4.81. The van der Waals surface area contributed by atoms with Crippen LogP contribution in [0.2, 0.25) is 0 Å². The van der Waals surface area contributed by atoms with E-state index in [1.54, 1.807) is 0 Å². The van der Waals surface area contributed by atoms with Crippen molar-refractivity contribution in [3.05, 3.63) is 121 Å². The predicted molar refractivity (Wildman–Crippen MR) is 128 cm³/mol. The summed E-state index contributed by atoms with van der Waals surface area (Å²) >= 11 is 19.2. The van der Waals surface area contributed by atoms with Gasteiger partial charge >= 0.3 is 0 Å². The van der Waals surface area contributed by atoms with Gasteiger partial charge in [-0.1, -0.05) is 121 Å². The number of rotatable bonds is 0. The van der Waals surface area contributed by atoms with Gasteiger partial charge in [-0.05, 0) is 0 Å². The van der Waals surface area contributed by atoms with Crippen LogP contribution in [-0.4, -0.2) is 0 Å². The number of benzene rings is 4. The van der Waals surface area contributed by atoms with E-state index in [2.05, 4.69) is 0 Å². The van der Waals surface area contributed by atoms with Gasteiger partial charge in [-0.3, -0.25) is 0 Å². The molecule has 0 aliphatic carbocycles. The molecule has 5 heteroatoms. The molecule has 4 aromatic rings. The van der Waals surface area contributed by atoms with E-state index >= 15 is 0 Å². The molecule has 29 heavy (non-hydrogen) atoms. The van der Waals surface area contributed by atoms with Gasteiger partial charge in [0.2, 0.25) is 0 Å². The van der Waals surface area contributed by atoms with E-state index < -0.39 is 0 Å². The summed E-state index contributed by atoms with van der Waals surface area (Å²) in [4.78, 5) is 3.62. The van der Waals surface area contributed by atoms with Gasteiger partial charge < -0.3 is 50.5 Å². The molecule has 0 unspecified atom stereocenters. The molecule has 0 saturated carbocycles. The van der Waals surface area contributed by atoms with Crippen molar-refractivity contribution in [3.8, 4) is 0 Å². The summed E-state index contributed by atoms with van der Waals surface area (Å²) in [5, 5.41) is 0. The Morgan fingerprint density at radius 1 is 0.276 bits per heavy atom. The molecular weight excluding hydrogens is 480 g/mol. The first-order valence-corrected chi connectivity index (χ1v) is 10.1. The van der Waals surface area contributed by atoms with Crippen molar-refractivity contribution in [2.75, 3.05) is 0 Å². The first kappa shape index (κ1) is 27.3. The monoisotopic (exact) mass is 499 g/mol. The summed E-state index contributed by atoms with van der Waals surface area (Å²) in [7, 11) is 0. The molecule has 0 saturated heterocycles. The molecule has 4 aromatic carbocycles. The minimum atomic E-state index is 0. The Labute approximate surface area is 207 Å². The van der Waals surface area contributed by atoms with Crippen LogP contribution in [0.4, 0.5) is 0 Å². The van der Waals surface area contributed by atoms with E-state index in [0.29, 0.717) is 0 Å². The van der Waals surface area contributed by atoms with Crippen molar-refractivity contribution >= 4 is 50.5 Å². The van der Waals surface area contributed by atoms with Crippen molar-refractivity contribution in [1.29, 1.82) is 0 Å². The van der Waals surface area contributed by atoms with Gasteiger partial charge in [0.05, 0.1) is 0 Å². The third-order valence-electron chi connectivity index (χ3n) is 2.97. The second-order valence-corrected chi connectivity index (χ2v) is 7.14. The topological polar surface area (TPSA) is 0 Å². The fraction of sp³-hybridized carbons (Fsp3) is 0. The average molecular weight is 500 g/mol. The molecule has 0 aliphatic rings. The first-order valence-electron chi connectivity index (χ1n) is 8.46. The molecule has 155 valence electrons. The van der Waals surface area contributed by atoms with Crippen LogP contribution in [0, 0.1) is 0 Å². The molecule has 0 spiro atoms.